The lowest BCUT2D eigenvalue weighted by Crippen LogP contribution is -2.37. The lowest BCUT2D eigenvalue weighted by molar-refractivity contribution is 0.110. The molecule has 18 heavy (non-hydrogen) atoms. The Labute approximate surface area is 114 Å². The molecule has 1 aliphatic carbocycles. The maximum atomic E-state index is 3.88. The summed E-state index contributed by atoms with van der Waals surface area (Å²) in [5.74, 6) is 2.54. The fraction of sp³-hybridized carbons (Fsp3) is 0.882. The summed E-state index contributed by atoms with van der Waals surface area (Å²) >= 11 is 0. The lowest BCUT2D eigenvalue weighted by Gasteiger charge is -2.41. The highest BCUT2D eigenvalue weighted by molar-refractivity contribution is 4.87. The Bertz CT molecular complexity index is 242. The van der Waals surface area contributed by atoms with E-state index in [0.29, 0.717) is 5.41 Å². The van der Waals surface area contributed by atoms with Crippen molar-refractivity contribution in [3.8, 4) is 0 Å². The first-order valence-electron chi connectivity index (χ1n) is 7.76. The highest BCUT2D eigenvalue weighted by atomic mass is 14.9. The first kappa shape index (κ1) is 15.8. The van der Waals surface area contributed by atoms with E-state index < -0.39 is 0 Å². The molecule has 1 rings (SSSR count). The standard InChI is InChI=1S/C17H33N/c1-6-7-8-15-11-17(4,5)10-9-16(15)13-18-12-14(2)3/h6,14-16,18H,1,7-13H2,2-5H3. The van der Waals surface area contributed by atoms with E-state index in [4.69, 9.17) is 0 Å². The predicted molar refractivity (Wildman–Crippen MR) is 81.8 cm³/mol. The van der Waals surface area contributed by atoms with Gasteiger partial charge in [-0.1, -0.05) is 33.8 Å². The third kappa shape index (κ3) is 5.56. The van der Waals surface area contributed by atoms with Crippen molar-refractivity contribution in [3.05, 3.63) is 12.7 Å². The van der Waals surface area contributed by atoms with Gasteiger partial charge in [-0.25, -0.2) is 0 Å². The zero-order valence-corrected chi connectivity index (χ0v) is 13.0. The SMILES string of the molecule is C=CCCC1CC(C)(C)CCC1CNCC(C)C. The normalized spacial score (nSPS) is 27.4. The van der Waals surface area contributed by atoms with Gasteiger partial charge in [0, 0.05) is 0 Å². The van der Waals surface area contributed by atoms with Crippen LogP contribution >= 0.6 is 0 Å². The summed E-state index contributed by atoms with van der Waals surface area (Å²) in [6.45, 7) is 15.7. The van der Waals surface area contributed by atoms with Crippen LogP contribution < -0.4 is 5.32 Å². The van der Waals surface area contributed by atoms with Crippen LogP contribution in [0.25, 0.3) is 0 Å². The van der Waals surface area contributed by atoms with Crippen molar-refractivity contribution in [2.45, 2.75) is 59.8 Å². The van der Waals surface area contributed by atoms with Gasteiger partial charge in [0.15, 0.2) is 0 Å². The number of nitrogens with one attached hydrogen (secondary N) is 1. The molecule has 1 N–H and O–H groups in total. The topological polar surface area (TPSA) is 12.0 Å². The van der Waals surface area contributed by atoms with Crippen LogP contribution in [0.1, 0.15) is 59.8 Å². The molecule has 0 saturated heterocycles. The molecule has 0 amide bonds. The second-order valence-electron chi connectivity index (χ2n) is 7.35. The van der Waals surface area contributed by atoms with Crippen LogP contribution in [0.15, 0.2) is 12.7 Å². The van der Waals surface area contributed by atoms with Crippen LogP contribution in [-0.4, -0.2) is 13.1 Å². The van der Waals surface area contributed by atoms with Gasteiger partial charge in [-0.15, -0.1) is 6.58 Å². The molecular weight excluding hydrogens is 218 g/mol. The Hall–Kier alpha value is -0.300. The van der Waals surface area contributed by atoms with Gasteiger partial charge in [0.1, 0.15) is 0 Å². The molecule has 0 aromatic rings. The van der Waals surface area contributed by atoms with E-state index in [1.165, 1.54) is 38.6 Å². The number of allylic oxidation sites excluding steroid dienone is 1. The monoisotopic (exact) mass is 251 g/mol. The molecule has 0 heterocycles. The van der Waals surface area contributed by atoms with E-state index in [2.05, 4.69) is 45.7 Å². The van der Waals surface area contributed by atoms with Crippen molar-refractivity contribution in [1.29, 1.82) is 0 Å². The van der Waals surface area contributed by atoms with E-state index in [1.54, 1.807) is 0 Å². The van der Waals surface area contributed by atoms with Crippen LogP contribution in [0.3, 0.4) is 0 Å². The average Bonchev–Trinajstić information content (AvgIpc) is 2.28. The summed E-state index contributed by atoms with van der Waals surface area (Å²) < 4.78 is 0. The second kappa shape index (κ2) is 7.33. The number of hydrogen-bond acceptors (Lipinski definition) is 1. The third-order valence-electron chi connectivity index (χ3n) is 4.37. The zero-order valence-electron chi connectivity index (χ0n) is 13.0. The molecule has 0 aromatic carbocycles. The Kier molecular flexibility index (Phi) is 6.42. The van der Waals surface area contributed by atoms with Gasteiger partial charge in [-0.3, -0.25) is 0 Å². The molecule has 2 atom stereocenters. The Balaban J connectivity index is 2.44. The fourth-order valence-electron chi connectivity index (χ4n) is 3.29. The van der Waals surface area contributed by atoms with Crippen LogP contribution in [-0.2, 0) is 0 Å². The van der Waals surface area contributed by atoms with Crippen molar-refractivity contribution in [3.63, 3.8) is 0 Å². The van der Waals surface area contributed by atoms with Gasteiger partial charge < -0.3 is 5.32 Å². The first-order valence-corrected chi connectivity index (χ1v) is 7.76. The number of rotatable bonds is 7. The van der Waals surface area contributed by atoms with Gasteiger partial charge in [0.25, 0.3) is 0 Å². The highest BCUT2D eigenvalue weighted by Crippen LogP contribution is 2.43. The lowest BCUT2D eigenvalue weighted by atomic mass is 9.66. The third-order valence-corrected chi connectivity index (χ3v) is 4.37. The predicted octanol–water partition coefficient (Wildman–Crippen LogP) is 4.64. The minimum absolute atomic E-state index is 0.556. The summed E-state index contributed by atoms with van der Waals surface area (Å²) in [6.07, 6.45) is 8.79. The van der Waals surface area contributed by atoms with Gasteiger partial charge in [-0.05, 0) is 68.4 Å². The molecule has 0 aliphatic heterocycles. The summed E-state index contributed by atoms with van der Waals surface area (Å²) in [7, 11) is 0. The quantitative estimate of drug-likeness (QED) is 0.650. The summed E-state index contributed by atoms with van der Waals surface area (Å²) in [4.78, 5) is 0. The van der Waals surface area contributed by atoms with Crippen LogP contribution in [0.4, 0.5) is 0 Å². The largest absolute Gasteiger partial charge is 0.316 e. The second-order valence-corrected chi connectivity index (χ2v) is 7.35. The van der Waals surface area contributed by atoms with E-state index in [9.17, 15) is 0 Å². The zero-order chi connectivity index (χ0) is 13.6. The smallest absolute Gasteiger partial charge is 0.00177 e. The van der Waals surface area contributed by atoms with Crippen LogP contribution in [0.2, 0.25) is 0 Å². The molecule has 106 valence electrons. The van der Waals surface area contributed by atoms with Crippen molar-refractivity contribution < 1.29 is 0 Å². The fourth-order valence-corrected chi connectivity index (χ4v) is 3.29. The maximum Gasteiger partial charge on any atom is -0.00177 e. The maximum absolute atomic E-state index is 3.88. The van der Waals surface area contributed by atoms with Gasteiger partial charge in [-0.2, -0.15) is 0 Å². The van der Waals surface area contributed by atoms with E-state index in [-0.39, 0.29) is 0 Å². The van der Waals surface area contributed by atoms with Crippen LogP contribution in [0, 0.1) is 23.2 Å². The van der Waals surface area contributed by atoms with E-state index >= 15 is 0 Å². The Morgan fingerprint density at radius 1 is 1.33 bits per heavy atom. The minimum Gasteiger partial charge on any atom is -0.316 e. The van der Waals surface area contributed by atoms with Crippen molar-refractivity contribution in [2.24, 2.45) is 23.2 Å². The molecule has 1 saturated carbocycles. The van der Waals surface area contributed by atoms with Gasteiger partial charge in [0.05, 0.1) is 0 Å². The molecule has 0 spiro atoms. The van der Waals surface area contributed by atoms with E-state index in [1.807, 2.05) is 0 Å². The van der Waals surface area contributed by atoms with Crippen LogP contribution in [0.5, 0.6) is 0 Å². The molecule has 0 aromatic heterocycles. The molecule has 1 aliphatic rings. The Morgan fingerprint density at radius 2 is 2.06 bits per heavy atom. The molecular formula is C17H33N. The summed E-state index contributed by atoms with van der Waals surface area (Å²) in [5, 5.41) is 3.66. The minimum atomic E-state index is 0.556. The van der Waals surface area contributed by atoms with Gasteiger partial charge in [0.2, 0.25) is 0 Å². The van der Waals surface area contributed by atoms with Crippen molar-refractivity contribution in [1.82, 2.24) is 5.32 Å². The first-order chi connectivity index (χ1) is 8.44. The highest BCUT2D eigenvalue weighted by Gasteiger charge is 2.33. The molecule has 1 fully saturated rings. The van der Waals surface area contributed by atoms with E-state index in [0.717, 1.165) is 24.3 Å². The summed E-state index contributed by atoms with van der Waals surface area (Å²) in [5.41, 5.74) is 0.556. The molecule has 2 unspecified atom stereocenters. The molecule has 0 radical (unpaired) electrons. The number of hydrogen-bond donors (Lipinski definition) is 1. The molecule has 1 heteroatoms. The molecule has 0 bridgehead atoms. The average molecular weight is 251 g/mol. The van der Waals surface area contributed by atoms with Gasteiger partial charge >= 0.3 is 0 Å². The Morgan fingerprint density at radius 3 is 2.67 bits per heavy atom. The van der Waals surface area contributed by atoms with Crippen molar-refractivity contribution >= 4 is 0 Å². The van der Waals surface area contributed by atoms with Crippen molar-refractivity contribution in [2.75, 3.05) is 13.1 Å². The molecule has 1 nitrogen and oxygen atoms in total. The summed E-state index contributed by atoms with van der Waals surface area (Å²) in [6, 6.07) is 0.